The van der Waals surface area contributed by atoms with Gasteiger partial charge in [0.1, 0.15) is 18.1 Å². The SMILES string of the molecule is NC(=O)c1ccnn1Cc1ncccn1. The van der Waals surface area contributed by atoms with E-state index < -0.39 is 5.91 Å². The van der Waals surface area contributed by atoms with Crippen LogP contribution in [0.5, 0.6) is 0 Å². The van der Waals surface area contributed by atoms with Crippen LogP contribution < -0.4 is 5.73 Å². The van der Waals surface area contributed by atoms with Gasteiger partial charge in [-0.05, 0) is 12.1 Å². The second kappa shape index (κ2) is 3.87. The fraction of sp³-hybridized carbons (Fsp3) is 0.111. The molecule has 2 aromatic rings. The standard InChI is InChI=1S/C9H9N5O/c10-9(15)7-2-5-13-14(7)6-8-11-3-1-4-12-8/h1-5H,6H2,(H2,10,15). The lowest BCUT2D eigenvalue weighted by molar-refractivity contribution is 0.0990. The minimum Gasteiger partial charge on any atom is -0.364 e. The van der Waals surface area contributed by atoms with Crippen LogP contribution in [-0.2, 0) is 6.54 Å². The summed E-state index contributed by atoms with van der Waals surface area (Å²) < 4.78 is 1.47. The van der Waals surface area contributed by atoms with Gasteiger partial charge in [0.2, 0.25) is 0 Å². The maximum atomic E-state index is 11.0. The second-order valence-corrected chi connectivity index (χ2v) is 2.90. The number of amides is 1. The molecule has 0 saturated carbocycles. The van der Waals surface area contributed by atoms with Crippen molar-refractivity contribution < 1.29 is 4.79 Å². The van der Waals surface area contributed by atoms with Gasteiger partial charge in [0.25, 0.3) is 5.91 Å². The fourth-order valence-electron chi connectivity index (χ4n) is 1.21. The second-order valence-electron chi connectivity index (χ2n) is 2.90. The summed E-state index contributed by atoms with van der Waals surface area (Å²) in [5.41, 5.74) is 5.52. The van der Waals surface area contributed by atoms with E-state index in [0.29, 0.717) is 18.1 Å². The van der Waals surface area contributed by atoms with Crippen molar-refractivity contribution in [3.63, 3.8) is 0 Å². The molecule has 0 fully saturated rings. The van der Waals surface area contributed by atoms with Gasteiger partial charge in [-0.3, -0.25) is 9.48 Å². The van der Waals surface area contributed by atoms with Crippen LogP contribution in [0, 0.1) is 0 Å². The minimum absolute atomic E-state index is 0.339. The largest absolute Gasteiger partial charge is 0.364 e. The first-order valence-corrected chi connectivity index (χ1v) is 4.35. The zero-order valence-corrected chi connectivity index (χ0v) is 7.87. The van der Waals surface area contributed by atoms with E-state index in [0.717, 1.165) is 0 Å². The predicted molar refractivity (Wildman–Crippen MR) is 51.9 cm³/mol. The summed E-state index contributed by atoms with van der Waals surface area (Å²) in [5.74, 6) is 0.0760. The zero-order chi connectivity index (χ0) is 10.7. The minimum atomic E-state index is -0.511. The lowest BCUT2D eigenvalue weighted by atomic mass is 10.4. The van der Waals surface area contributed by atoms with Gasteiger partial charge in [-0.1, -0.05) is 0 Å². The van der Waals surface area contributed by atoms with Crippen molar-refractivity contribution in [2.45, 2.75) is 6.54 Å². The Bertz CT molecular complexity index is 464. The van der Waals surface area contributed by atoms with Crippen LogP contribution in [0.25, 0.3) is 0 Å². The topological polar surface area (TPSA) is 86.7 Å². The Morgan fingerprint density at radius 2 is 2.07 bits per heavy atom. The number of rotatable bonds is 3. The molecule has 2 heterocycles. The molecule has 1 amide bonds. The molecule has 6 nitrogen and oxygen atoms in total. The van der Waals surface area contributed by atoms with Gasteiger partial charge < -0.3 is 5.73 Å². The van der Waals surface area contributed by atoms with Crippen LogP contribution in [0.15, 0.2) is 30.7 Å². The number of carbonyl (C=O) groups excluding carboxylic acids is 1. The third-order valence-electron chi connectivity index (χ3n) is 1.88. The van der Waals surface area contributed by atoms with Gasteiger partial charge in [0.05, 0.1) is 0 Å². The van der Waals surface area contributed by atoms with Gasteiger partial charge in [0, 0.05) is 18.6 Å². The monoisotopic (exact) mass is 203 g/mol. The fourth-order valence-corrected chi connectivity index (χ4v) is 1.21. The summed E-state index contributed by atoms with van der Waals surface area (Å²) in [5, 5.41) is 3.97. The molecule has 2 aromatic heterocycles. The predicted octanol–water partition coefficient (Wildman–Crippen LogP) is -0.180. The van der Waals surface area contributed by atoms with Crippen LogP contribution in [0.2, 0.25) is 0 Å². The van der Waals surface area contributed by atoms with Crippen LogP contribution in [-0.4, -0.2) is 25.7 Å². The Balaban J connectivity index is 2.25. The maximum Gasteiger partial charge on any atom is 0.266 e. The highest BCUT2D eigenvalue weighted by Crippen LogP contribution is 2.00. The van der Waals surface area contributed by atoms with E-state index in [9.17, 15) is 4.79 Å². The summed E-state index contributed by atoms with van der Waals surface area (Å²) in [6.07, 6.45) is 4.79. The van der Waals surface area contributed by atoms with E-state index in [4.69, 9.17) is 5.73 Å². The Hall–Kier alpha value is -2.24. The quantitative estimate of drug-likeness (QED) is 0.749. The first-order chi connectivity index (χ1) is 7.27. The zero-order valence-electron chi connectivity index (χ0n) is 7.87. The van der Waals surface area contributed by atoms with Crippen molar-refractivity contribution in [3.8, 4) is 0 Å². The average molecular weight is 203 g/mol. The normalized spacial score (nSPS) is 10.1. The molecular formula is C9H9N5O. The van der Waals surface area contributed by atoms with Gasteiger partial charge >= 0.3 is 0 Å². The van der Waals surface area contributed by atoms with Crippen molar-refractivity contribution in [1.82, 2.24) is 19.7 Å². The number of nitrogens with zero attached hydrogens (tertiary/aromatic N) is 4. The van der Waals surface area contributed by atoms with Crippen LogP contribution in [0.3, 0.4) is 0 Å². The molecule has 0 aliphatic rings. The van der Waals surface area contributed by atoms with Crippen molar-refractivity contribution >= 4 is 5.91 Å². The first-order valence-electron chi connectivity index (χ1n) is 4.35. The molecule has 0 aliphatic carbocycles. The van der Waals surface area contributed by atoms with Crippen LogP contribution in [0.1, 0.15) is 16.3 Å². The number of carbonyl (C=O) groups is 1. The highest BCUT2D eigenvalue weighted by Gasteiger charge is 2.08. The summed E-state index contributed by atoms with van der Waals surface area (Å²) in [4.78, 5) is 19.1. The van der Waals surface area contributed by atoms with E-state index in [1.54, 1.807) is 24.5 Å². The van der Waals surface area contributed by atoms with E-state index in [1.807, 2.05) is 0 Å². The molecule has 0 unspecified atom stereocenters. The number of aromatic nitrogens is 4. The van der Waals surface area contributed by atoms with E-state index in [1.165, 1.54) is 10.9 Å². The summed E-state index contributed by atoms with van der Waals surface area (Å²) in [6.45, 7) is 0.339. The third kappa shape index (κ3) is 1.98. The number of hydrogen-bond acceptors (Lipinski definition) is 4. The lowest BCUT2D eigenvalue weighted by Gasteiger charge is -2.02. The molecule has 0 radical (unpaired) electrons. The smallest absolute Gasteiger partial charge is 0.266 e. The molecule has 15 heavy (non-hydrogen) atoms. The summed E-state index contributed by atoms with van der Waals surface area (Å²) in [7, 11) is 0. The van der Waals surface area contributed by atoms with Crippen molar-refractivity contribution in [3.05, 3.63) is 42.2 Å². The number of hydrogen-bond donors (Lipinski definition) is 1. The van der Waals surface area contributed by atoms with Crippen molar-refractivity contribution in [2.75, 3.05) is 0 Å². The Kier molecular flexibility index (Phi) is 2.40. The van der Waals surface area contributed by atoms with E-state index in [-0.39, 0.29) is 0 Å². The Labute approximate surface area is 85.8 Å². The highest BCUT2D eigenvalue weighted by molar-refractivity contribution is 5.90. The molecule has 0 spiro atoms. The Morgan fingerprint density at radius 3 is 2.73 bits per heavy atom. The summed E-state index contributed by atoms with van der Waals surface area (Å²) in [6, 6.07) is 3.28. The molecule has 6 heteroatoms. The van der Waals surface area contributed by atoms with Crippen molar-refractivity contribution in [2.24, 2.45) is 5.73 Å². The van der Waals surface area contributed by atoms with Gasteiger partial charge in [-0.25, -0.2) is 9.97 Å². The van der Waals surface area contributed by atoms with Gasteiger partial charge in [0.15, 0.2) is 0 Å². The Morgan fingerprint density at radius 1 is 1.33 bits per heavy atom. The molecule has 0 saturated heterocycles. The van der Waals surface area contributed by atoms with E-state index in [2.05, 4.69) is 15.1 Å². The molecule has 0 aliphatic heterocycles. The average Bonchev–Trinajstić information content (AvgIpc) is 2.67. The molecule has 0 bridgehead atoms. The molecule has 76 valence electrons. The summed E-state index contributed by atoms with van der Waals surface area (Å²) >= 11 is 0. The molecule has 0 aromatic carbocycles. The highest BCUT2D eigenvalue weighted by atomic mass is 16.1. The molecule has 2 rings (SSSR count). The van der Waals surface area contributed by atoms with Gasteiger partial charge in [-0.2, -0.15) is 5.10 Å². The first kappa shape index (κ1) is 9.32. The van der Waals surface area contributed by atoms with Crippen molar-refractivity contribution in [1.29, 1.82) is 0 Å². The number of primary amides is 1. The van der Waals surface area contributed by atoms with Crippen LogP contribution in [0.4, 0.5) is 0 Å². The van der Waals surface area contributed by atoms with Gasteiger partial charge in [-0.15, -0.1) is 0 Å². The lowest BCUT2D eigenvalue weighted by Crippen LogP contribution is -2.18. The number of nitrogens with two attached hydrogens (primary N) is 1. The van der Waals surface area contributed by atoms with Crippen LogP contribution >= 0.6 is 0 Å². The molecule has 2 N–H and O–H groups in total. The molecule has 0 atom stereocenters. The van der Waals surface area contributed by atoms with E-state index >= 15 is 0 Å². The maximum absolute atomic E-state index is 11.0. The third-order valence-corrected chi connectivity index (χ3v) is 1.88. The molecular weight excluding hydrogens is 194 g/mol.